The maximum atomic E-state index is 12.7. The normalized spacial score (nSPS) is 11.7. The Kier molecular flexibility index (Phi) is 4.81. The first-order valence-corrected chi connectivity index (χ1v) is 5.84. The number of anilines is 2. The first kappa shape index (κ1) is 14.6. The van der Waals surface area contributed by atoms with Crippen LogP contribution < -0.4 is 10.6 Å². The molecule has 0 aliphatic rings. The summed E-state index contributed by atoms with van der Waals surface area (Å²) < 4.78 is 38.0. The molecule has 3 nitrogen and oxygen atoms in total. The van der Waals surface area contributed by atoms with Gasteiger partial charge in [0.1, 0.15) is 11.6 Å². The molecule has 0 saturated carbocycles. The van der Waals surface area contributed by atoms with Gasteiger partial charge in [-0.3, -0.25) is 0 Å². The topological polar surface area (TPSA) is 37.0 Å². The second-order valence-corrected chi connectivity index (χ2v) is 4.48. The van der Waals surface area contributed by atoms with Crippen LogP contribution in [-0.2, 0) is 6.18 Å². The quantitative estimate of drug-likeness (QED) is 0.850. The first-order chi connectivity index (χ1) is 8.32. The van der Waals surface area contributed by atoms with Crippen LogP contribution in [0.15, 0.2) is 12.1 Å². The Bertz CT molecular complexity index is 389. The molecule has 1 aromatic rings. The fourth-order valence-corrected chi connectivity index (χ4v) is 1.40. The molecule has 1 rings (SSSR count). The summed E-state index contributed by atoms with van der Waals surface area (Å²) in [5, 5.41) is 5.54. The van der Waals surface area contributed by atoms with Gasteiger partial charge in [-0.2, -0.15) is 13.2 Å². The monoisotopic (exact) mass is 261 g/mol. The van der Waals surface area contributed by atoms with Crippen LogP contribution in [0.5, 0.6) is 0 Å². The highest BCUT2D eigenvalue weighted by molar-refractivity contribution is 5.49. The van der Waals surface area contributed by atoms with Gasteiger partial charge >= 0.3 is 6.18 Å². The minimum absolute atomic E-state index is 0.205. The zero-order chi connectivity index (χ0) is 13.8. The predicted molar refractivity (Wildman–Crippen MR) is 66.7 cm³/mol. The molecule has 0 amide bonds. The highest BCUT2D eigenvalue weighted by Crippen LogP contribution is 2.31. The summed E-state index contributed by atoms with van der Waals surface area (Å²) in [6, 6.07) is 2.02. The number of hydrogen-bond acceptors (Lipinski definition) is 3. The molecule has 102 valence electrons. The Labute approximate surface area is 105 Å². The van der Waals surface area contributed by atoms with Crippen LogP contribution in [0.2, 0.25) is 0 Å². The predicted octanol–water partition coefficient (Wildman–Crippen LogP) is 3.60. The lowest BCUT2D eigenvalue weighted by Crippen LogP contribution is -2.11. The third-order valence-corrected chi connectivity index (χ3v) is 2.44. The summed E-state index contributed by atoms with van der Waals surface area (Å²) in [5.41, 5.74) is -0.700. The van der Waals surface area contributed by atoms with E-state index in [2.05, 4.69) is 29.5 Å². The van der Waals surface area contributed by atoms with Gasteiger partial charge < -0.3 is 10.6 Å². The lowest BCUT2D eigenvalue weighted by atomic mass is 10.1. The molecule has 2 N–H and O–H groups in total. The Morgan fingerprint density at radius 2 is 1.83 bits per heavy atom. The lowest BCUT2D eigenvalue weighted by molar-refractivity contribution is -0.137. The van der Waals surface area contributed by atoms with E-state index in [1.54, 1.807) is 7.05 Å². The average Bonchev–Trinajstić information content (AvgIpc) is 2.27. The van der Waals surface area contributed by atoms with Gasteiger partial charge in [0.15, 0.2) is 0 Å². The number of aromatic nitrogens is 1. The second kappa shape index (κ2) is 5.93. The van der Waals surface area contributed by atoms with Crippen LogP contribution in [0.3, 0.4) is 0 Å². The smallest absolute Gasteiger partial charge is 0.373 e. The van der Waals surface area contributed by atoms with E-state index >= 15 is 0 Å². The van der Waals surface area contributed by atoms with E-state index < -0.39 is 11.7 Å². The summed E-state index contributed by atoms with van der Waals surface area (Å²) in [6.45, 7) is 4.72. The molecule has 0 aromatic carbocycles. The molecule has 0 aliphatic carbocycles. The summed E-state index contributed by atoms with van der Waals surface area (Å²) in [5.74, 6) is 0.943. The van der Waals surface area contributed by atoms with Gasteiger partial charge in [0.25, 0.3) is 0 Å². The highest BCUT2D eigenvalue weighted by atomic mass is 19.4. The number of alkyl halides is 3. The van der Waals surface area contributed by atoms with Crippen molar-refractivity contribution in [3.8, 4) is 0 Å². The van der Waals surface area contributed by atoms with Crippen molar-refractivity contribution in [1.82, 2.24) is 4.98 Å². The minimum Gasteiger partial charge on any atom is -0.373 e. The SMILES string of the molecule is CNc1cc(C(F)(F)F)cc(NCCC(C)C)n1. The van der Waals surface area contributed by atoms with Gasteiger partial charge in [-0.15, -0.1) is 0 Å². The van der Waals surface area contributed by atoms with Gasteiger partial charge in [0, 0.05) is 13.6 Å². The van der Waals surface area contributed by atoms with E-state index in [1.165, 1.54) is 0 Å². The van der Waals surface area contributed by atoms with Crippen LogP contribution >= 0.6 is 0 Å². The molecule has 18 heavy (non-hydrogen) atoms. The summed E-state index contributed by atoms with van der Waals surface area (Å²) >= 11 is 0. The Morgan fingerprint density at radius 1 is 1.22 bits per heavy atom. The van der Waals surface area contributed by atoms with E-state index in [-0.39, 0.29) is 11.6 Å². The zero-order valence-corrected chi connectivity index (χ0v) is 10.7. The number of pyridine rings is 1. The molecule has 0 bridgehead atoms. The standard InChI is InChI=1S/C12H18F3N3/c1-8(2)4-5-17-11-7-9(12(13,14)15)6-10(16-3)18-11/h6-8H,4-5H2,1-3H3,(H2,16,17,18). The lowest BCUT2D eigenvalue weighted by Gasteiger charge is -2.13. The maximum Gasteiger partial charge on any atom is 0.416 e. The summed E-state index contributed by atoms with van der Waals surface area (Å²) in [4.78, 5) is 4.04. The Hall–Kier alpha value is -1.46. The number of hydrogen-bond donors (Lipinski definition) is 2. The molecule has 1 aromatic heterocycles. The average molecular weight is 261 g/mol. The van der Waals surface area contributed by atoms with E-state index in [9.17, 15) is 13.2 Å². The van der Waals surface area contributed by atoms with Crippen molar-refractivity contribution in [2.24, 2.45) is 5.92 Å². The Morgan fingerprint density at radius 3 is 2.33 bits per heavy atom. The van der Waals surface area contributed by atoms with E-state index in [1.807, 2.05) is 0 Å². The van der Waals surface area contributed by atoms with Gasteiger partial charge in [-0.05, 0) is 24.5 Å². The van der Waals surface area contributed by atoms with Crippen molar-refractivity contribution < 1.29 is 13.2 Å². The van der Waals surface area contributed by atoms with Gasteiger partial charge in [0.2, 0.25) is 0 Å². The molecule has 0 saturated heterocycles. The molecule has 0 fully saturated rings. The van der Waals surface area contributed by atoms with Crippen molar-refractivity contribution >= 4 is 11.6 Å². The molecule has 0 unspecified atom stereocenters. The molecule has 0 atom stereocenters. The van der Waals surface area contributed by atoms with Crippen molar-refractivity contribution in [3.05, 3.63) is 17.7 Å². The van der Waals surface area contributed by atoms with Gasteiger partial charge in [0.05, 0.1) is 5.56 Å². The van der Waals surface area contributed by atoms with Crippen LogP contribution in [0.4, 0.5) is 24.8 Å². The fourth-order valence-electron chi connectivity index (χ4n) is 1.40. The molecule has 6 heteroatoms. The van der Waals surface area contributed by atoms with Crippen molar-refractivity contribution in [1.29, 1.82) is 0 Å². The van der Waals surface area contributed by atoms with Crippen molar-refractivity contribution in [3.63, 3.8) is 0 Å². The van der Waals surface area contributed by atoms with Crippen LogP contribution in [-0.4, -0.2) is 18.6 Å². The Balaban J connectivity index is 2.84. The molecule has 0 spiro atoms. The third-order valence-electron chi connectivity index (χ3n) is 2.44. The minimum atomic E-state index is -4.36. The number of nitrogens with zero attached hydrogens (tertiary/aromatic N) is 1. The van der Waals surface area contributed by atoms with Crippen molar-refractivity contribution in [2.45, 2.75) is 26.4 Å². The van der Waals surface area contributed by atoms with Gasteiger partial charge in [-0.25, -0.2) is 4.98 Å². The number of nitrogens with one attached hydrogen (secondary N) is 2. The van der Waals surface area contributed by atoms with Crippen LogP contribution in [0.1, 0.15) is 25.8 Å². The van der Waals surface area contributed by atoms with Crippen molar-refractivity contribution in [2.75, 3.05) is 24.2 Å². The van der Waals surface area contributed by atoms with Gasteiger partial charge in [-0.1, -0.05) is 13.8 Å². The fraction of sp³-hybridized carbons (Fsp3) is 0.583. The summed E-state index contributed by atoms with van der Waals surface area (Å²) in [6.07, 6.45) is -3.48. The third kappa shape index (κ3) is 4.43. The second-order valence-electron chi connectivity index (χ2n) is 4.48. The number of halogens is 3. The number of rotatable bonds is 5. The van der Waals surface area contributed by atoms with E-state index in [4.69, 9.17) is 0 Å². The van der Waals surface area contributed by atoms with Crippen LogP contribution in [0.25, 0.3) is 0 Å². The maximum absolute atomic E-state index is 12.7. The molecule has 0 radical (unpaired) electrons. The molecular weight excluding hydrogens is 243 g/mol. The highest BCUT2D eigenvalue weighted by Gasteiger charge is 2.31. The van der Waals surface area contributed by atoms with E-state index in [0.717, 1.165) is 18.6 Å². The first-order valence-electron chi connectivity index (χ1n) is 5.84. The van der Waals surface area contributed by atoms with Crippen LogP contribution in [0, 0.1) is 5.92 Å². The molecular formula is C12H18F3N3. The zero-order valence-electron chi connectivity index (χ0n) is 10.7. The van der Waals surface area contributed by atoms with E-state index in [0.29, 0.717) is 12.5 Å². The summed E-state index contributed by atoms with van der Waals surface area (Å²) in [7, 11) is 1.54. The molecule has 1 heterocycles. The molecule has 0 aliphatic heterocycles. The largest absolute Gasteiger partial charge is 0.416 e.